The van der Waals surface area contributed by atoms with Crippen molar-refractivity contribution in [1.82, 2.24) is 0 Å². The van der Waals surface area contributed by atoms with E-state index in [1.807, 2.05) is 53.4 Å². The Hall–Kier alpha value is -3.15. The number of fused-ring (bicyclic) bond motifs is 1. The van der Waals surface area contributed by atoms with E-state index < -0.39 is 6.04 Å². The van der Waals surface area contributed by atoms with Crippen molar-refractivity contribution < 1.29 is 14.4 Å². The fraction of sp³-hybridized carbons (Fsp3) is 0.348. The third kappa shape index (κ3) is 3.28. The molecule has 3 aliphatic rings. The van der Waals surface area contributed by atoms with Crippen LogP contribution in [0.1, 0.15) is 31.2 Å². The van der Waals surface area contributed by atoms with Gasteiger partial charge in [0, 0.05) is 35.9 Å². The summed E-state index contributed by atoms with van der Waals surface area (Å²) in [5.41, 5.74) is 3.50. The van der Waals surface area contributed by atoms with E-state index in [4.69, 9.17) is 0 Å². The average Bonchev–Trinajstić information content (AvgIpc) is 3.39. The minimum Gasteiger partial charge on any atom is -0.324 e. The standard InChI is InChI=1S/C23H23N3O3/c27-21-11-10-20(26(21)18-4-2-1-3-5-18)22(28)24-17-8-9-19-16(14-17)12-13-25(19)23(29)15-6-7-15/h1-5,8-9,14-15,20H,6-7,10-13H2,(H,24,28). The Labute approximate surface area is 169 Å². The number of hydrogen-bond donors (Lipinski definition) is 1. The van der Waals surface area contributed by atoms with Crippen LogP contribution in [0.15, 0.2) is 48.5 Å². The molecular weight excluding hydrogens is 366 g/mol. The van der Waals surface area contributed by atoms with Gasteiger partial charge in [-0.1, -0.05) is 18.2 Å². The summed E-state index contributed by atoms with van der Waals surface area (Å²) in [5, 5.41) is 2.98. The van der Waals surface area contributed by atoms with Gasteiger partial charge in [0.25, 0.3) is 0 Å². The lowest BCUT2D eigenvalue weighted by atomic mass is 10.1. The SMILES string of the molecule is O=C(Nc1ccc2c(c1)CCN2C(=O)C1CC1)C1CCC(=O)N1c1ccccc1. The molecule has 1 unspecified atom stereocenters. The zero-order chi connectivity index (χ0) is 20.0. The van der Waals surface area contributed by atoms with Gasteiger partial charge < -0.3 is 10.2 Å². The third-order valence-corrected chi connectivity index (χ3v) is 5.98. The number of nitrogens with zero attached hydrogens (tertiary/aromatic N) is 2. The molecule has 3 amide bonds. The minimum absolute atomic E-state index is 0.0282. The van der Waals surface area contributed by atoms with Crippen LogP contribution in [0.25, 0.3) is 0 Å². The van der Waals surface area contributed by atoms with Crippen molar-refractivity contribution in [2.24, 2.45) is 5.92 Å². The zero-order valence-electron chi connectivity index (χ0n) is 16.1. The highest BCUT2D eigenvalue weighted by Gasteiger charge is 2.38. The fourth-order valence-corrected chi connectivity index (χ4v) is 4.33. The van der Waals surface area contributed by atoms with Gasteiger partial charge >= 0.3 is 0 Å². The van der Waals surface area contributed by atoms with Crippen LogP contribution in [-0.4, -0.2) is 30.3 Å². The van der Waals surface area contributed by atoms with Crippen LogP contribution in [0, 0.1) is 5.92 Å². The quantitative estimate of drug-likeness (QED) is 0.874. The van der Waals surface area contributed by atoms with Gasteiger partial charge in [0.2, 0.25) is 17.7 Å². The molecule has 2 heterocycles. The van der Waals surface area contributed by atoms with Crippen LogP contribution in [0.3, 0.4) is 0 Å². The Bertz CT molecular complexity index is 984. The largest absolute Gasteiger partial charge is 0.324 e. The minimum atomic E-state index is -0.508. The number of benzene rings is 2. The van der Waals surface area contributed by atoms with Crippen molar-refractivity contribution in [3.8, 4) is 0 Å². The Kier molecular flexibility index (Phi) is 4.34. The number of carbonyl (C=O) groups excluding carboxylic acids is 3. The van der Waals surface area contributed by atoms with Crippen molar-refractivity contribution in [3.05, 3.63) is 54.1 Å². The molecule has 2 aromatic carbocycles. The maximum Gasteiger partial charge on any atom is 0.247 e. The van der Waals surface area contributed by atoms with E-state index in [1.54, 1.807) is 4.90 Å². The molecular formula is C23H23N3O3. The molecule has 0 spiro atoms. The summed E-state index contributed by atoms with van der Waals surface area (Å²) in [4.78, 5) is 41.2. The molecule has 2 aromatic rings. The van der Waals surface area contributed by atoms with E-state index in [9.17, 15) is 14.4 Å². The van der Waals surface area contributed by atoms with Gasteiger partial charge in [-0.25, -0.2) is 0 Å². The first kappa shape index (κ1) is 17.9. The van der Waals surface area contributed by atoms with Gasteiger partial charge in [0.05, 0.1) is 0 Å². The van der Waals surface area contributed by atoms with E-state index >= 15 is 0 Å². The first-order valence-electron chi connectivity index (χ1n) is 10.2. The highest BCUT2D eigenvalue weighted by Crippen LogP contribution is 2.37. The summed E-state index contributed by atoms with van der Waals surface area (Å²) < 4.78 is 0. The number of rotatable bonds is 4. The van der Waals surface area contributed by atoms with Crippen LogP contribution >= 0.6 is 0 Å². The number of amides is 3. The molecule has 2 fully saturated rings. The second-order valence-electron chi connectivity index (χ2n) is 8.00. The van der Waals surface area contributed by atoms with Crippen LogP contribution in [-0.2, 0) is 20.8 Å². The molecule has 0 radical (unpaired) electrons. The first-order chi connectivity index (χ1) is 14.1. The molecule has 6 heteroatoms. The van der Waals surface area contributed by atoms with Crippen molar-refractivity contribution in [2.45, 2.75) is 38.1 Å². The maximum absolute atomic E-state index is 12.9. The first-order valence-corrected chi connectivity index (χ1v) is 10.2. The topological polar surface area (TPSA) is 69.7 Å². The van der Waals surface area contributed by atoms with Crippen molar-refractivity contribution in [2.75, 3.05) is 21.7 Å². The Morgan fingerprint density at radius 2 is 1.76 bits per heavy atom. The fourth-order valence-electron chi connectivity index (χ4n) is 4.33. The van der Waals surface area contributed by atoms with Crippen molar-refractivity contribution >= 4 is 34.8 Å². The van der Waals surface area contributed by atoms with E-state index in [-0.39, 0.29) is 23.6 Å². The van der Waals surface area contributed by atoms with Gasteiger partial charge in [0.15, 0.2) is 0 Å². The van der Waals surface area contributed by atoms with Gasteiger partial charge in [-0.2, -0.15) is 0 Å². The summed E-state index contributed by atoms with van der Waals surface area (Å²) in [6.07, 6.45) is 3.67. The summed E-state index contributed by atoms with van der Waals surface area (Å²) >= 11 is 0. The maximum atomic E-state index is 12.9. The summed E-state index contributed by atoms with van der Waals surface area (Å²) in [5.74, 6) is 0.218. The van der Waals surface area contributed by atoms with Gasteiger partial charge in [0.1, 0.15) is 6.04 Å². The molecule has 1 saturated heterocycles. The van der Waals surface area contributed by atoms with Crippen molar-refractivity contribution in [3.63, 3.8) is 0 Å². The molecule has 1 saturated carbocycles. The highest BCUT2D eigenvalue weighted by atomic mass is 16.2. The molecule has 148 valence electrons. The Morgan fingerprint density at radius 3 is 2.52 bits per heavy atom. The lowest BCUT2D eigenvalue weighted by Gasteiger charge is -2.24. The molecule has 1 atom stereocenters. The lowest BCUT2D eigenvalue weighted by Crippen LogP contribution is -2.41. The molecule has 1 N–H and O–H groups in total. The average molecular weight is 389 g/mol. The molecule has 2 aliphatic heterocycles. The van der Waals surface area contributed by atoms with Gasteiger partial charge in [-0.05, 0) is 61.6 Å². The Morgan fingerprint density at radius 1 is 0.966 bits per heavy atom. The predicted molar refractivity (Wildman–Crippen MR) is 111 cm³/mol. The summed E-state index contributed by atoms with van der Waals surface area (Å²) in [7, 11) is 0. The molecule has 5 rings (SSSR count). The van der Waals surface area contributed by atoms with Gasteiger partial charge in [-0.3, -0.25) is 19.3 Å². The molecule has 29 heavy (non-hydrogen) atoms. The third-order valence-electron chi connectivity index (χ3n) is 5.98. The van der Waals surface area contributed by atoms with E-state index in [0.29, 0.717) is 25.1 Å². The number of carbonyl (C=O) groups is 3. The number of para-hydroxylation sites is 1. The lowest BCUT2D eigenvalue weighted by molar-refractivity contribution is -0.120. The van der Waals surface area contributed by atoms with E-state index in [0.717, 1.165) is 36.2 Å². The van der Waals surface area contributed by atoms with Crippen molar-refractivity contribution in [1.29, 1.82) is 0 Å². The number of anilines is 3. The monoisotopic (exact) mass is 389 g/mol. The van der Waals surface area contributed by atoms with E-state index in [2.05, 4.69) is 5.32 Å². The molecule has 0 aromatic heterocycles. The Balaban J connectivity index is 1.32. The second kappa shape index (κ2) is 7.03. The summed E-state index contributed by atoms with van der Waals surface area (Å²) in [6, 6.07) is 14.5. The molecule has 6 nitrogen and oxygen atoms in total. The zero-order valence-corrected chi connectivity index (χ0v) is 16.1. The number of hydrogen-bond acceptors (Lipinski definition) is 3. The summed E-state index contributed by atoms with van der Waals surface area (Å²) in [6.45, 7) is 0.709. The second-order valence-corrected chi connectivity index (χ2v) is 8.00. The highest BCUT2D eigenvalue weighted by molar-refractivity contribution is 6.07. The molecule has 0 bridgehead atoms. The van der Waals surface area contributed by atoms with Crippen LogP contribution < -0.4 is 15.1 Å². The predicted octanol–water partition coefficient (Wildman–Crippen LogP) is 3.12. The van der Waals surface area contributed by atoms with Crippen LogP contribution in [0.4, 0.5) is 17.1 Å². The number of nitrogens with one attached hydrogen (secondary N) is 1. The molecule has 1 aliphatic carbocycles. The van der Waals surface area contributed by atoms with Gasteiger partial charge in [-0.15, -0.1) is 0 Å². The smallest absolute Gasteiger partial charge is 0.247 e. The van der Waals surface area contributed by atoms with E-state index in [1.165, 1.54) is 0 Å². The normalized spacial score (nSPS) is 20.7. The van der Waals surface area contributed by atoms with Crippen LogP contribution in [0.2, 0.25) is 0 Å². The van der Waals surface area contributed by atoms with Crippen LogP contribution in [0.5, 0.6) is 0 Å².